The lowest BCUT2D eigenvalue weighted by Crippen LogP contribution is -2.46. The van der Waals surface area contributed by atoms with Crippen LogP contribution in [0.1, 0.15) is 36.7 Å². The molecular formula is C19H25N3O. The van der Waals surface area contributed by atoms with Crippen molar-refractivity contribution in [1.29, 1.82) is 0 Å². The maximum absolute atomic E-state index is 12.7. The minimum absolute atomic E-state index is 0.000752. The van der Waals surface area contributed by atoms with Crippen molar-refractivity contribution < 1.29 is 4.79 Å². The Morgan fingerprint density at radius 2 is 1.96 bits per heavy atom. The van der Waals surface area contributed by atoms with Gasteiger partial charge in [-0.3, -0.25) is 4.79 Å². The summed E-state index contributed by atoms with van der Waals surface area (Å²) in [6, 6.07) is 13.0. The molecule has 0 radical (unpaired) electrons. The molecular weight excluding hydrogens is 286 g/mol. The van der Waals surface area contributed by atoms with Crippen LogP contribution >= 0.6 is 0 Å². The number of benzene rings is 1. The van der Waals surface area contributed by atoms with Gasteiger partial charge in [-0.1, -0.05) is 43.7 Å². The third-order valence-corrected chi connectivity index (χ3v) is 4.41. The lowest BCUT2D eigenvalue weighted by molar-refractivity contribution is -0.133. The van der Waals surface area contributed by atoms with Gasteiger partial charge >= 0.3 is 0 Å². The molecule has 23 heavy (non-hydrogen) atoms. The normalized spacial score (nSPS) is 17.4. The molecule has 1 aromatic carbocycles. The molecule has 3 rings (SSSR count). The van der Waals surface area contributed by atoms with Crippen molar-refractivity contribution >= 4 is 5.91 Å². The number of aryl methyl sites for hydroxylation is 1. The van der Waals surface area contributed by atoms with E-state index in [1.54, 1.807) is 0 Å². The van der Waals surface area contributed by atoms with Crippen molar-refractivity contribution in [2.75, 3.05) is 13.1 Å². The summed E-state index contributed by atoms with van der Waals surface area (Å²) >= 11 is 0. The topological polar surface area (TPSA) is 37.3 Å². The number of hydrogen-bond donors (Lipinski definition) is 1. The molecule has 0 saturated carbocycles. The first-order chi connectivity index (χ1) is 11.1. The molecule has 1 atom stereocenters. The Balaban J connectivity index is 1.92. The van der Waals surface area contributed by atoms with Crippen LogP contribution in [0.2, 0.25) is 0 Å². The largest absolute Gasteiger partial charge is 0.348 e. The molecule has 1 N–H and O–H groups in total. The minimum Gasteiger partial charge on any atom is -0.348 e. The molecule has 0 fully saturated rings. The summed E-state index contributed by atoms with van der Waals surface area (Å²) in [6.07, 6.45) is 2.10. The zero-order valence-electron chi connectivity index (χ0n) is 14.1. The second kappa shape index (κ2) is 6.59. The van der Waals surface area contributed by atoms with E-state index in [1.165, 1.54) is 16.8 Å². The fourth-order valence-electron chi connectivity index (χ4n) is 3.14. The van der Waals surface area contributed by atoms with Crippen molar-refractivity contribution in [3.63, 3.8) is 0 Å². The van der Waals surface area contributed by atoms with E-state index in [0.717, 1.165) is 13.1 Å². The Bertz CT molecular complexity index is 672. The van der Waals surface area contributed by atoms with Crippen LogP contribution in [0.3, 0.4) is 0 Å². The van der Waals surface area contributed by atoms with Gasteiger partial charge in [-0.25, -0.2) is 0 Å². The van der Waals surface area contributed by atoms with Gasteiger partial charge in [0.1, 0.15) is 0 Å². The molecule has 0 spiro atoms. The smallest absolute Gasteiger partial charge is 0.237 e. The molecule has 0 bridgehead atoms. The summed E-state index contributed by atoms with van der Waals surface area (Å²) in [4.78, 5) is 14.7. The summed E-state index contributed by atoms with van der Waals surface area (Å²) < 4.78 is 2.25. The van der Waals surface area contributed by atoms with Gasteiger partial charge in [-0.05, 0) is 24.6 Å². The fourth-order valence-corrected chi connectivity index (χ4v) is 3.14. The van der Waals surface area contributed by atoms with Crippen molar-refractivity contribution in [3.8, 4) is 0 Å². The predicted molar refractivity (Wildman–Crippen MR) is 92.3 cm³/mol. The van der Waals surface area contributed by atoms with Crippen LogP contribution in [0.4, 0.5) is 0 Å². The first kappa shape index (κ1) is 15.8. The lowest BCUT2D eigenvalue weighted by Gasteiger charge is -2.37. The lowest BCUT2D eigenvalue weighted by atomic mass is 9.98. The van der Waals surface area contributed by atoms with E-state index < -0.39 is 0 Å². The summed E-state index contributed by atoms with van der Waals surface area (Å²) in [5.74, 6) is 0.164. The first-order valence-corrected chi connectivity index (χ1v) is 8.30. The maximum Gasteiger partial charge on any atom is 0.237 e. The Kier molecular flexibility index (Phi) is 4.53. The number of amides is 1. The zero-order chi connectivity index (χ0) is 16.4. The van der Waals surface area contributed by atoms with E-state index in [1.807, 2.05) is 4.90 Å². The fraction of sp³-hybridized carbons (Fsp3) is 0.421. The summed E-state index contributed by atoms with van der Waals surface area (Å²) in [7, 11) is 0. The van der Waals surface area contributed by atoms with Gasteiger partial charge < -0.3 is 14.8 Å². The van der Waals surface area contributed by atoms with Crippen molar-refractivity contribution in [2.24, 2.45) is 0 Å². The molecule has 1 aliphatic heterocycles. The molecule has 2 heterocycles. The number of nitrogens with one attached hydrogen (secondary N) is 1. The Labute approximate surface area is 138 Å². The van der Waals surface area contributed by atoms with Crippen molar-refractivity contribution in [2.45, 2.75) is 39.4 Å². The van der Waals surface area contributed by atoms with Crippen LogP contribution in [0, 0.1) is 6.92 Å². The van der Waals surface area contributed by atoms with E-state index >= 15 is 0 Å². The van der Waals surface area contributed by atoms with Crippen LogP contribution in [-0.4, -0.2) is 34.5 Å². The Hall–Kier alpha value is -2.07. The average Bonchev–Trinajstić information content (AvgIpc) is 3.01. The number of nitrogens with zero attached hydrogens (tertiary/aromatic N) is 2. The van der Waals surface area contributed by atoms with Gasteiger partial charge in [0.15, 0.2) is 0 Å². The molecule has 0 saturated heterocycles. The second-order valence-corrected chi connectivity index (χ2v) is 6.56. The molecule has 4 nitrogen and oxygen atoms in total. The van der Waals surface area contributed by atoms with Gasteiger partial charge in [0, 0.05) is 31.0 Å². The van der Waals surface area contributed by atoms with Gasteiger partial charge in [0.2, 0.25) is 5.91 Å². The average molecular weight is 311 g/mol. The number of rotatable bonds is 4. The molecule has 4 heteroatoms. The van der Waals surface area contributed by atoms with E-state index in [2.05, 4.69) is 73.3 Å². The second-order valence-electron chi connectivity index (χ2n) is 6.56. The summed E-state index contributed by atoms with van der Waals surface area (Å²) in [5.41, 5.74) is 3.60. The standard InChI is InChI=1S/C19H25N3O/c1-14(2)20-13-18(23)22-12-11-21-10-4-5-17(21)19(22)16-8-6-15(3)7-9-16/h4-10,14,19-20H,11-13H2,1-3H3. The molecule has 1 unspecified atom stereocenters. The Morgan fingerprint density at radius 1 is 1.22 bits per heavy atom. The van der Waals surface area contributed by atoms with Gasteiger partial charge in [0.25, 0.3) is 0 Å². The highest BCUT2D eigenvalue weighted by atomic mass is 16.2. The summed E-state index contributed by atoms with van der Waals surface area (Å²) in [5, 5.41) is 3.24. The summed E-state index contributed by atoms with van der Waals surface area (Å²) in [6.45, 7) is 8.21. The molecule has 1 aromatic heterocycles. The quantitative estimate of drug-likeness (QED) is 0.943. The molecule has 0 aliphatic carbocycles. The number of hydrogen-bond acceptors (Lipinski definition) is 2. The third-order valence-electron chi connectivity index (χ3n) is 4.41. The highest BCUT2D eigenvalue weighted by molar-refractivity contribution is 5.79. The van der Waals surface area contributed by atoms with Crippen molar-refractivity contribution in [3.05, 3.63) is 59.4 Å². The first-order valence-electron chi connectivity index (χ1n) is 8.30. The molecule has 122 valence electrons. The highest BCUT2D eigenvalue weighted by Gasteiger charge is 2.31. The van der Waals surface area contributed by atoms with Crippen LogP contribution in [0.15, 0.2) is 42.6 Å². The SMILES string of the molecule is Cc1ccc(C2c3cccn3CCN2C(=O)CNC(C)C)cc1. The number of carbonyl (C=O) groups excluding carboxylic acids is 1. The minimum atomic E-state index is 0.000752. The van der Waals surface area contributed by atoms with E-state index in [9.17, 15) is 4.79 Å². The number of fused-ring (bicyclic) bond motifs is 1. The zero-order valence-corrected chi connectivity index (χ0v) is 14.1. The number of carbonyl (C=O) groups is 1. The van der Waals surface area contributed by atoms with E-state index in [-0.39, 0.29) is 11.9 Å². The molecule has 1 amide bonds. The van der Waals surface area contributed by atoms with Crippen LogP contribution in [0.5, 0.6) is 0 Å². The predicted octanol–water partition coefficient (Wildman–Crippen LogP) is 2.73. The van der Waals surface area contributed by atoms with Crippen LogP contribution in [0.25, 0.3) is 0 Å². The van der Waals surface area contributed by atoms with E-state index in [4.69, 9.17) is 0 Å². The van der Waals surface area contributed by atoms with Crippen LogP contribution < -0.4 is 5.32 Å². The highest BCUT2D eigenvalue weighted by Crippen LogP contribution is 2.32. The number of aromatic nitrogens is 1. The van der Waals surface area contributed by atoms with Gasteiger partial charge in [-0.2, -0.15) is 0 Å². The molecule has 2 aromatic rings. The van der Waals surface area contributed by atoms with Gasteiger partial charge in [0.05, 0.1) is 12.6 Å². The Morgan fingerprint density at radius 3 is 2.65 bits per heavy atom. The maximum atomic E-state index is 12.7. The van der Waals surface area contributed by atoms with Crippen LogP contribution in [-0.2, 0) is 11.3 Å². The monoisotopic (exact) mass is 311 g/mol. The van der Waals surface area contributed by atoms with Crippen molar-refractivity contribution in [1.82, 2.24) is 14.8 Å². The van der Waals surface area contributed by atoms with Gasteiger partial charge in [-0.15, -0.1) is 0 Å². The molecule has 1 aliphatic rings. The van der Waals surface area contributed by atoms with E-state index in [0.29, 0.717) is 12.6 Å². The third kappa shape index (κ3) is 3.32.